The van der Waals surface area contributed by atoms with Crippen LogP contribution in [0.25, 0.3) is 6.08 Å². The van der Waals surface area contributed by atoms with E-state index in [1.54, 1.807) is 19.3 Å². The first-order chi connectivity index (χ1) is 16.9. The lowest BCUT2D eigenvalue weighted by Gasteiger charge is -2.24. The van der Waals surface area contributed by atoms with Crippen molar-refractivity contribution < 1.29 is 18.8 Å². The Labute approximate surface area is 206 Å². The van der Waals surface area contributed by atoms with E-state index in [0.717, 1.165) is 42.1 Å². The number of amides is 1. The van der Waals surface area contributed by atoms with Gasteiger partial charge in [0.05, 0.1) is 18.4 Å². The summed E-state index contributed by atoms with van der Waals surface area (Å²) in [6.45, 7) is 8.13. The molecule has 2 unspecified atom stereocenters. The second-order valence-corrected chi connectivity index (χ2v) is 8.91. The highest BCUT2D eigenvalue weighted by Gasteiger charge is 2.27. The van der Waals surface area contributed by atoms with Crippen molar-refractivity contribution in [2.45, 2.75) is 45.9 Å². The smallest absolute Gasteiger partial charge is 0.244 e. The van der Waals surface area contributed by atoms with Crippen LogP contribution in [0.2, 0.25) is 0 Å². The minimum Gasteiger partial charge on any atom is -0.493 e. The van der Waals surface area contributed by atoms with E-state index in [4.69, 9.17) is 14.0 Å². The van der Waals surface area contributed by atoms with E-state index in [1.165, 1.54) is 5.56 Å². The molecule has 4 rings (SSSR count). The lowest BCUT2D eigenvalue weighted by Crippen LogP contribution is -2.36. The predicted molar refractivity (Wildman–Crippen MR) is 135 cm³/mol. The fourth-order valence-electron chi connectivity index (χ4n) is 4.39. The first kappa shape index (κ1) is 24.5. The highest BCUT2D eigenvalue weighted by molar-refractivity contribution is 5.92. The van der Waals surface area contributed by atoms with E-state index in [9.17, 15) is 4.79 Å². The van der Waals surface area contributed by atoms with E-state index in [0.29, 0.717) is 24.1 Å². The normalized spacial score (nSPS) is 17.0. The lowest BCUT2D eigenvalue weighted by molar-refractivity contribution is -0.117. The van der Waals surface area contributed by atoms with Crippen molar-refractivity contribution in [1.29, 1.82) is 0 Å². The van der Waals surface area contributed by atoms with Crippen molar-refractivity contribution in [2.75, 3.05) is 20.2 Å². The van der Waals surface area contributed by atoms with Crippen LogP contribution in [-0.4, -0.2) is 42.2 Å². The SMILES string of the molecule is COc1cc(/C=C/C(=O)NC2CCN(C(C)c3ccccc3)C2)ccc1OCc1c(C)noc1C. The van der Waals surface area contributed by atoms with Gasteiger partial charge in [-0.05, 0) is 56.5 Å². The van der Waals surface area contributed by atoms with Crippen molar-refractivity contribution >= 4 is 12.0 Å². The van der Waals surface area contributed by atoms with Crippen LogP contribution >= 0.6 is 0 Å². The summed E-state index contributed by atoms with van der Waals surface area (Å²) < 4.78 is 16.6. The summed E-state index contributed by atoms with van der Waals surface area (Å²) >= 11 is 0. The monoisotopic (exact) mass is 475 g/mol. The molecule has 7 nitrogen and oxygen atoms in total. The molecule has 0 aliphatic carbocycles. The molecule has 1 fully saturated rings. The summed E-state index contributed by atoms with van der Waals surface area (Å²) in [5.41, 5.74) is 3.89. The molecule has 184 valence electrons. The van der Waals surface area contributed by atoms with E-state index >= 15 is 0 Å². The van der Waals surface area contributed by atoms with E-state index in [1.807, 2.05) is 38.1 Å². The average molecular weight is 476 g/mol. The summed E-state index contributed by atoms with van der Waals surface area (Å²) in [7, 11) is 1.60. The first-order valence-corrected chi connectivity index (χ1v) is 11.9. The van der Waals surface area contributed by atoms with Crippen molar-refractivity contribution in [2.24, 2.45) is 0 Å². The molecule has 1 N–H and O–H groups in total. The molecule has 1 aliphatic heterocycles. The summed E-state index contributed by atoms with van der Waals surface area (Å²) in [4.78, 5) is 15.0. The molecule has 7 heteroatoms. The number of nitrogens with zero attached hydrogens (tertiary/aromatic N) is 2. The topological polar surface area (TPSA) is 76.8 Å². The van der Waals surface area contributed by atoms with Gasteiger partial charge in [0, 0.05) is 31.2 Å². The third-order valence-corrected chi connectivity index (χ3v) is 6.56. The molecule has 2 aromatic carbocycles. The summed E-state index contributed by atoms with van der Waals surface area (Å²) in [6, 6.07) is 16.5. The minimum absolute atomic E-state index is 0.0954. The van der Waals surface area contributed by atoms with E-state index in [2.05, 4.69) is 46.6 Å². The molecule has 0 saturated carbocycles. The quantitative estimate of drug-likeness (QED) is 0.446. The van der Waals surface area contributed by atoms with Gasteiger partial charge < -0.3 is 19.3 Å². The van der Waals surface area contributed by atoms with Gasteiger partial charge in [0.1, 0.15) is 12.4 Å². The Hall–Kier alpha value is -3.58. The molecule has 0 radical (unpaired) electrons. The zero-order chi connectivity index (χ0) is 24.8. The van der Waals surface area contributed by atoms with Crippen LogP contribution < -0.4 is 14.8 Å². The van der Waals surface area contributed by atoms with Gasteiger partial charge in [-0.15, -0.1) is 0 Å². The summed E-state index contributed by atoms with van der Waals surface area (Å²) in [6.07, 6.45) is 4.30. The van der Waals surface area contributed by atoms with Gasteiger partial charge in [-0.2, -0.15) is 0 Å². The van der Waals surface area contributed by atoms with Crippen molar-refractivity contribution in [3.05, 3.63) is 82.8 Å². The number of rotatable bonds is 9. The zero-order valence-corrected chi connectivity index (χ0v) is 20.8. The summed E-state index contributed by atoms with van der Waals surface area (Å²) in [5, 5.41) is 7.09. The van der Waals surface area contributed by atoms with E-state index < -0.39 is 0 Å². The number of ether oxygens (including phenoxy) is 2. The largest absolute Gasteiger partial charge is 0.493 e. The Morgan fingerprint density at radius 1 is 1.23 bits per heavy atom. The molecular weight excluding hydrogens is 442 g/mol. The molecule has 3 aromatic rings. The van der Waals surface area contributed by atoms with Crippen LogP contribution in [0.15, 0.2) is 59.1 Å². The Bertz CT molecular complexity index is 1150. The molecule has 1 amide bonds. The summed E-state index contributed by atoms with van der Waals surface area (Å²) in [5.74, 6) is 1.86. The van der Waals surface area contributed by atoms with Gasteiger partial charge in [0.2, 0.25) is 5.91 Å². The first-order valence-electron chi connectivity index (χ1n) is 11.9. The second kappa shape index (κ2) is 11.2. The Balaban J connectivity index is 1.31. The lowest BCUT2D eigenvalue weighted by atomic mass is 10.1. The molecular formula is C28H33N3O4. The van der Waals surface area contributed by atoms with Crippen LogP contribution in [0, 0.1) is 13.8 Å². The number of hydrogen-bond donors (Lipinski definition) is 1. The molecule has 1 aliphatic rings. The van der Waals surface area contributed by atoms with Gasteiger partial charge in [-0.1, -0.05) is 41.6 Å². The molecule has 0 bridgehead atoms. The maximum absolute atomic E-state index is 12.6. The van der Waals surface area contributed by atoms with Crippen LogP contribution in [0.3, 0.4) is 0 Å². The van der Waals surface area contributed by atoms with Gasteiger partial charge >= 0.3 is 0 Å². The number of methoxy groups -OCH3 is 1. The number of hydrogen-bond acceptors (Lipinski definition) is 6. The number of benzene rings is 2. The van der Waals surface area contributed by atoms with Crippen molar-refractivity contribution in [3.63, 3.8) is 0 Å². The van der Waals surface area contributed by atoms with Gasteiger partial charge in [0.15, 0.2) is 11.5 Å². The maximum atomic E-state index is 12.6. The number of likely N-dealkylation sites (tertiary alicyclic amines) is 1. The zero-order valence-electron chi connectivity index (χ0n) is 20.8. The number of carbonyl (C=O) groups excluding carboxylic acids is 1. The van der Waals surface area contributed by atoms with Crippen LogP contribution in [-0.2, 0) is 11.4 Å². The average Bonchev–Trinajstić information content (AvgIpc) is 3.47. The fourth-order valence-corrected chi connectivity index (χ4v) is 4.39. The standard InChI is InChI=1S/C28H33N3O4/c1-19-25(21(3)35-30-19)18-34-26-12-10-22(16-27(26)33-4)11-13-28(32)29-24-14-15-31(17-24)20(2)23-8-6-5-7-9-23/h5-13,16,20,24H,14-15,17-18H2,1-4H3,(H,29,32)/b13-11+. The fraction of sp³-hybridized carbons (Fsp3) is 0.357. The molecule has 1 aromatic heterocycles. The molecule has 1 saturated heterocycles. The van der Waals surface area contributed by atoms with E-state index in [-0.39, 0.29) is 11.9 Å². The van der Waals surface area contributed by atoms with Crippen molar-refractivity contribution in [1.82, 2.24) is 15.4 Å². The molecule has 2 atom stereocenters. The highest BCUT2D eigenvalue weighted by Crippen LogP contribution is 2.30. The Morgan fingerprint density at radius 3 is 2.74 bits per heavy atom. The molecule has 2 heterocycles. The third-order valence-electron chi connectivity index (χ3n) is 6.56. The number of aromatic nitrogens is 1. The second-order valence-electron chi connectivity index (χ2n) is 8.91. The van der Waals surface area contributed by atoms with Crippen LogP contribution in [0.5, 0.6) is 11.5 Å². The molecule has 0 spiro atoms. The van der Waals surface area contributed by atoms with Crippen molar-refractivity contribution in [3.8, 4) is 11.5 Å². The number of aryl methyl sites for hydroxylation is 2. The minimum atomic E-state index is -0.0954. The third kappa shape index (κ3) is 6.11. The van der Waals surface area contributed by atoms with Gasteiger partial charge in [-0.3, -0.25) is 9.69 Å². The van der Waals surface area contributed by atoms with Gasteiger partial charge in [-0.25, -0.2) is 0 Å². The number of carbonyl (C=O) groups is 1. The predicted octanol–water partition coefficient (Wildman–Crippen LogP) is 4.84. The highest BCUT2D eigenvalue weighted by atomic mass is 16.5. The number of nitrogens with one attached hydrogen (secondary N) is 1. The Morgan fingerprint density at radius 2 is 2.03 bits per heavy atom. The van der Waals surface area contributed by atoms with Gasteiger partial charge in [0.25, 0.3) is 0 Å². The van der Waals surface area contributed by atoms with Crippen LogP contribution in [0.4, 0.5) is 0 Å². The maximum Gasteiger partial charge on any atom is 0.244 e. The van der Waals surface area contributed by atoms with Crippen LogP contribution in [0.1, 0.15) is 47.5 Å². The molecule has 35 heavy (non-hydrogen) atoms. The Kier molecular flexibility index (Phi) is 7.87.